The molecule has 0 aromatic heterocycles. The Bertz CT molecular complexity index is 434. The summed E-state index contributed by atoms with van der Waals surface area (Å²) in [7, 11) is 0. The topological polar surface area (TPSA) is 52.6 Å². The van der Waals surface area contributed by atoms with E-state index in [1.165, 1.54) is 5.56 Å². The molecule has 1 aromatic carbocycles. The minimum atomic E-state index is 0.0311. The quantitative estimate of drug-likeness (QED) is 0.834. The summed E-state index contributed by atoms with van der Waals surface area (Å²) < 4.78 is 0. The van der Waals surface area contributed by atoms with E-state index in [1.54, 1.807) is 0 Å². The highest BCUT2D eigenvalue weighted by Gasteiger charge is 2.25. The molecule has 0 saturated carbocycles. The zero-order chi connectivity index (χ0) is 13.7. The number of likely N-dealkylation sites (tertiary alicyclic amines) is 1. The number of hydrogen-bond acceptors (Lipinski definition) is 3. The van der Waals surface area contributed by atoms with Crippen LogP contribution in [0.3, 0.4) is 0 Å². The molecular weight excluding hydrogens is 240 g/mol. The van der Waals surface area contributed by atoms with Gasteiger partial charge in [0, 0.05) is 12.6 Å². The lowest BCUT2D eigenvalue weighted by atomic mass is 10.1. The lowest BCUT2D eigenvalue weighted by Gasteiger charge is -2.21. The van der Waals surface area contributed by atoms with Gasteiger partial charge in [-0.1, -0.05) is 24.3 Å². The molecule has 1 aromatic rings. The van der Waals surface area contributed by atoms with Crippen LogP contribution in [0.4, 0.5) is 0 Å². The Kier molecular flexibility index (Phi) is 4.93. The molecular formula is C15H22N2O2. The predicted molar refractivity (Wildman–Crippen MR) is 74.7 cm³/mol. The first-order valence-electron chi connectivity index (χ1n) is 6.87. The SMILES string of the molecule is Cc1ccccc1CNC(=O)CN1CCCC1CO. The van der Waals surface area contributed by atoms with Crippen LogP contribution in [0.1, 0.15) is 24.0 Å². The van der Waals surface area contributed by atoms with Gasteiger partial charge >= 0.3 is 0 Å². The minimum absolute atomic E-state index is 0.0311. The molecule has 4 nitrogen and oxygen atoms in total. The van der Waals surface area contributed by atoms with Crippen LogP contribution in [-0.2, 0) is 11.3 Å². The smallest absolute Gasteiger partial charge is 0.234 e. The van der Waals surface area contributed by atoms with Crippen molar-refractivity contribution in [3.05, 3.63) is 35.4 Å². The molecule has 0 bridgehead atoms. The van der Waals surface area contributed by atoms with Crippen molar-refractivity contribution in [2.75, 3.05) is 19.7 Å². The molecule has 104 valence electrons. The highest BCUT2D eigenvalue weighted by atomic mass is 16.3. The van der Waals surface area contributed by atoms with E-state index in [9.17, 15) is 9.90 Å². The Labute approximate surface area is 114 Å². The summed E-state index contributed by atoms with van der Waals surface area (Å²) in [6, 6.07) is 8.21. The Morgan fingerprint density at radius 3 is 3.00 bits per heavy atom. The molecule has 0 spiro atoms. The fraction of sp³-hybridized carbons (Fsp3) is 0.533. The fourth-order valence-corrected chi connectivity index (χ4v) is 2.55. The van der Waals surface area contributed by atoms with Crippen LogP contribution in [0.2, 0.25) is 0 Å². The summed E-state index contributed by atoms with van der Waals surface area (Å²) in [5, 5.41) is 12.2. The van der Waals surface area contributed by atoms with Crippen LogP contribution >= 0.6 is 0 Å². The van der Waals surface area contributed by atoms with E-state index >= 15 is 0 Å². The number of hydrogen-bond donors (Lipinski definition) is 2. The standard InChI is InChI=1S/C15H22N2O2/c1-12-5-2-3-6-13(12)9-16-15(19)10-17-8-4-7-14(17)11-18/h2-3,5-6,14,18H,4,7-11H2,1H3,(H,16,19). The molecule has 1 aliphatic heterocycles. The molecule has 1 amide bonds. The molecule has 2 N–H and O–H groups in total. The zero-order valence-electron chi connectivity index (χ0n) is 11.4. The molecule has 2 rings (SSSR count). The maximum absolute atomic E-state index is 11.9. The number of benzene rings is 1. The molecule has 0 radical (unpaired) electrons. The highest BCUT2D eigenvalue weighted by Crippen LogP contribution is 2.15. The molecule has 4 heteroatoms. The summed E-state index contributed by atoms with van der Waals surface area (Å²) in [5.74, 6) is 0.0311. The van der Waals surface area contributed by atoms with Crippen LogP contribution in [0.25, 0.3) is 0 Å². The Hall–Kier alpha value is -1.39. The molecule has 1 fully saturated rings. The number of carbonyl (C=O) groups is 1. The molecule has 0 aliphatic carbocycles. The summed E-state index contributed by atoms with van der Waals surface area (Å²) in [6.45, 7) is 4.05. The average molecular weight is 262 g/mol. The summed E-state index contributed by atoms with van der Waals surface area (Å²) in [4.78, 5) is 14.0. The third-order valence-electron chi connectivity index (χ3n) is 3.79. The van der Waals surface area contributed by atoms with E-state index in [-0.39, 0.29) is 18.6 Å². The number of nitrogens with zero attached hydrogens (tertiary/aromatic N) is 1. The predicted octanol–water partition coefficient (Wildman–Crippen LogP) is 1.07. The number of aliphatic hydroxyl groups is 1. The van der Waals surface area contributed by atoms with Crippen molar-refractivity contribution in [3.8, 4) is 0 Å². The molecule has 1 saturated heterocycles. The van der Waals surface area contributed by atoms with E-state index < -0.39 is 0 Å². The third-order valence-corrected chi connectivity index (χ3v) is 3.79. The Morgan fingerprint density at radius 1 is 1.47 bits per heavy atom. The van der Waals surface area contributed by atoms with Crippen molar-refractivity contribution < 1.29 is 9.90 Å². The van der Waals surface area contributed by atoms with Crippen molar-refractivity contribution in [2.45, 2.75) is 32.4 Å². The largest absolute Gasteiger partial charge is 0.395 e. The van der Waals surface area contributed by atoms with Gasteiger partial charge in [-0.3, -0.25) is 9.69 Å². The van der Waals surface area contributed by atoms with Crippen LogP contribution in [0.15, 0.2) is 24.3 Å². The van der Waals surface area contributed by atoms with Gasteiger partial charge in [0.25, 0.3) is 0 Å². The maximum atomic E-state index is 11.9. The van der Waals surface area contributed by atoms with Crippen molar-refractivity contribution in [1.29, 1.82) is 0 Å². The number of aryl methyl sites for hydroxylation is 1. The first-order chi connectivity index (χ1) is 9.20. The van der Waals surface area contributed by atoms with Gasteiger partial charge in [0.15, 0.2) is 0 Å². The van der Waals surface area contributed by atoms with E-state index in [4.69, 9.17) is 0 Å². The van der Waals surface area contributed by atoms with E-state index in [2.05, 4.69) is 10.2 Å². The first-order valence-corrected chi connectivity index (χ1v) is 6.87. The van der Waals surface area contributed by atoms with Gasteiger partial charge in [-0.05, 0) is 37.4 Å². The molecule has 1 atom stereocenters. The number of amides is 1. The van der Waals surface area contributed by atoms with Crippen molar-refractivity contribution >= 4 is 5.91 Å². The van der Waals surface area contributed by atoms with Gasteiger partial charge in [0.2, 0.25) is 5.91 Å². The lowest BCUT2D eigenvalue weighted by molar-refractivity contribution is -0.122. The van der Waals surface area contributed by atoms with Gasteiger partial charge in [0.05, 0.1) is 13.2 Å². The number of aliphatic hydroxyl groups excluding tert-OH is 1. The molecule has 1 unspecified atom stereocenters. The molecule has 19 heavy (non-hydrogen) atoms. The van der Waals surface area contributed by atoms with Crippen molar-refractivity contribution in [1.82, 2.24) is 10.2 Å². The first kappa shape index (κ1) is 14.0. The maximum Gasteiger partial charge on any atom is 0.234 e. The Morgan fingerprint density at radius 2 is 2.26 bits per heavy atom. The van der Waals surface area contributed by atoms with Gasteiger partial charge in [-0.2, -0.15) is 0 Å². The van der Waals surface area contributed by atoms with Gasteiger partial charge in [-0.15, -0.1) is 0 Å². The molecule has 1 aliphatic rings. The van der Waals surface area contributed by atoms with Crippen LogP contribution in [-0.4, -0.2) is 41.7 Å². The van der Waals surface area contributed by atoms with Crippen molar-refractivity contribution in [3.63, 3.8) is 0 Å². The second-order valence-corrected chi connectivity index (χ2v) is 5.15. The summed E-state index contributed by atoms with van der Waals surface area (Å²) >= 11 is 0. The average Bonchev–Trinajstić information content (AvgIpc) is 2.85. The van der Waals surface area contributed by atoms with Crippen LogP contribution in [0, 0.1) is 6.92 Å². The van der Waals surface area contributed by atoms with E-state index in [0.29, 0.717) is 13.1 Å². The van der Waals surface area contributed by atoms with Crippen LogP contribution < -0.4 is 5.32 Å². The second kappa shape index (κ2) is 6.68. The Balaban J connectivity index is 1.80. The number of carbonyl (C=O) groups excluding carboxylic acids is 1. The van der Waals surface area contributed by atoms with Crippen LogP contribution in [0.5, 0.6) is 0 Å². The van der Waals surface area contributed by atoms with Crippen molar-refractivity contribution in [2.24, 2.45) is 0 Å². The van der Waals surface area contributed by atoms with Gasteiger partial charge in [-0.25, -0.2) is 0 Å². The zero-order valence-corrected chi connectivity index (χ0v) is 11.4. The monoisotopic (exact) mass is 262 g/mol. The fourth-order valence-electron chi connectivity index (χ4n) is 2.55. The van der Waals surface area contributed by atoms with Gasteiger partial charge in [0.1, 0.15) is 0 Å². The van der Waals surface area contributed by atoms with Gasteiger partial charge < -0.3 is 10.4 Å². The normalized spacial score (nSPS) is 19.6. The minimum Gasteiger partial charge on any atom is -0.395 e. The number of rotatable bonds is 5. The second-order valence-electron chi connectivity index (χ2n) is 5.15. The van der Waals surface area contributed by atoms with E-state index in [0.717, 1.165) is 24.9 Å². The highest BCUT2D eigenvalue weighted by molar-refractivity contribution is 5.78. The number of nitrogens with one attached hydrogen (secondary N) is 1. The van der Waals surface area contributed by atoms with E-state index in [1.807, 2.05) is 31.2 Å². The molecule has 1 heterocycles. The summed E-state index contributed by atoms with van der Waals surface area (Å²) in [5.41, 5.74) is 2.34. The third kappa shape index (κ3) is 3.78. The summed E-state index contributed by atoms with van der Waals surface area (Å²) in [6.07, 6.45) is 2.05. The lowest BCUT2D eigenvalue weighted by Crippen LogP contribution is -2.40.